The monoisotopic (exact) mass is 640 g/mol. The standard InChI is InChI=1S/C35H36N4O8/c1-23(36-34(43)47-35(2,3)4)30(40)46-29-17-11-16-26-20-27(18-19-28(26)29)37-31(38-32(41)44-21-24-12-7-5-8-13-24)39-33(42)45-22-25-14-9-6-10-15-25/h5-20,23H,21-22H2,1-4H3,(H,36,43)(H2,37,38,39,41,42)/t23-/m0/s1. The molecule has 0 aliphatic heterocycles. The van der Waals surface area contributed by atoms with Crippen molar-refractivity contribution in [1.82, 2.24) is 16.0 Å². The topological polar surface area (TPSA) is 154 Å². The number of rotatable bonds is 8. The molecule has 0 saturated heterocycles. The van der Waals surface area contributed by atoms with E-state index in [9.17, 15) is 19.2 Å². The van der Waals surface area contributed by atoms with Crippen LogP contribution in [0.1, 0.15) is 38.8 Å². The summed E-state index contributed by atoms with van der Waals surface area (Å²) >= 11 is 0. The predicted octanol–water partition coefficient (Wildman–Crippen LogP) is 6.50. The molecule has 0 unspecified atom stereocenters. The summed E-state index contributed by atoms with van der Waals surface area (Å²) in [6.45, 7) is 6.64. The van der Waals surface area contributed by atoms with Crippen LogP contribution in [0, 0.1) is 0 Å². The Morgan fingerprint density at radius 2 is 1.30 bits per heavy atom. The van der Waals surface area contributed by atoms with Crippen molar-refractivity contribution in [2.24, 2.45) is 4.99 Å². The van der Waals surface area contributed by atoms with Crippen LogP contribution in [0.5, 0.6) is 5.75 Å². The zero-order valence-electron chi connectivity index (χ0n) is 26.4. The number of ether oxygens (including phenoxy) is 4. The minimum absolute atomic E-state index is 0.00178. The van der Waals surface area contributed by atoms with Crippen LogP contribution in [0.4, 0.5) is 20.1 Å². The molecule has 4 aromatic carbocycles. The maximum Gasteiger partial charge on any atom is 0.414 e. The van der Waals surface area contributed by atoms with Gasteiger partial charge in [-0.2, -0.15) is 0 Å². The maximum absolute atomic E-state index is 12.7. The second kappa shape index (κ2) is 15.9. The summed E-state index contributed by atoms with van der Waals surface area (Å²) < 4.78 is 21.4. The highest BCUT2D eigenvalue weighted by Crippen LogP contribution is 2.29. The molecule has 0 spiro atoms. The lowest BCUT2D eigenvalue weighted by Crippen LogP contribution is -2.44. The van der Waals surface area contributed by atoms with Gasteiger partial charge >= 0.3 is 24.2 Å². The molecule has 3 N–H and O–H groups in total. The molecule has 0 saturated carbocycles. The number of hydrogen-bond donors (Lipinski definition) is 3. The first-order valence-electron chi connectivity index (χ1n) is 14.7. The molecule has 0 bridgehead atoms. The van der Waals surface area contributed by atoms with Gasteiger partial charge in [0.1, 0.15) is 30.6 Å². The van der Waals surface area contributed by atoms with Crippen LogP contribution in [-0.2, 0) is 32.2 Å². The molecule has 0 heterocycles. The van der Waals surface area contributed by atoms with Gasteiger partial charge in [-0.1, -0.05) is 72.8 Å². The zero-order chi connectivity index (χ0) is 33.8. The average molecular weight is 641 g/mol. The summed E-state index contributed by atoms with van der Waals surface area (Å²) in [4.78, 5) is 54.5. The Morgan fingerprint density at radius 3 is 1.85 bits per heavy atom. The van der Waals surface area contributed by atoms with E-state index < -0.39 is 35.9 Å². The SMILES string of the molecule is C[C@H](NC(=O)OC(C)(C)C)C(=O)Oc1cccc2cc(N=C(NC(=O)OCc3ccccc3)NC(=O)OCc3ccccc3)ccc12. The molecule has 3 amide bonds. The van der Waals surface area contributed by atoms with Crippen molar-refractivity contribution in [3.05, 3.63) is 108 Å². The summed E-state index contributed by atoms with van der Waals surface area (Å²) in [5.74, 6) is -0.666. The van der Waals surface area contributed by atoms with E-state index in [2.05, 4.69) is 20.9 Å². The minimum Gasteiger partial charge on any atom is -0.444 e. The fraction of sp³-hybridized carbons (Fsp3) is 0.229. The Hall–Kier alpha value is -5.91. The van der Waals surface area contributed by atoms with Crippen LogP contribution in [-0.4, -0.2) is 41.9 Å². The number of esters is 1. The Kier molecular flexibility index (Phi) is 11.5. The van der Waals surface area contributed by atoms with Crippen molar-refractivity contribution in [2.75, 3.05) is 0 Å². The lowest BCUT2D eigenvalue weighted by atomic mass is 10.1. The van der Waals surface area contributed by atoms with Gasteiger partial charge in [-0.3, -0.25) is 10.6 Å². The molecule has 4 rings (SSSR count). The summed E-state index contributed by atoms with van der Waals surface area (Å²) in [5.41, 5.74) is 1.18. The van der Waals surface area contributed by atoms with E-state index in [1.54, 1.807) is 81.4 Å². The Bertz CT molecular complexity index is 1680. The number of carbonyl (C=O) groups excluding carboxylic acids is 4. The second-order valence-corrected chi connectivity index (χ2v) is 11.3. The van der Waals surface area contributed by atoms with Crippen LogP contribution in [0.15, 0.2) is 102 Å². The fourth-order valence-electron chi connectivity index (χ4n) is 4.07. The third kappa shape index (κ3) is 11.2. The Labute approximate surface area is 272 Å². The van der Waals surface area contributed by atoms with Crippen LogP contribution < -0.4 is 20.7 Å². The average Bonchev–Trinajstić information content (AvgIpc) is 3.03. The third-order valence-corrected chi connectivity index (χ3v) is 6.23. The molecule has 0 aromatic heterocycles. The minimum atomic E-state index is -0.980. The van der Waals surface area contributed by atoms with Gasteiger partial charge in [0.05, 0.1) is 5.69 Å². The number of fused-ring (bicyclic) bond motifs is 1. The number of aliphatic imine (C=N–C) groups is 1. The summed E-state index contributed by atoms with van der Waals surface area (Å²) in [5, 5.41) is 8.59. The smallest absolute Gasteiger partial charge is 0.414 e. The number of nitrogens with zero attached hydrogens (tertiary/aromatic N) is 1. The number of alkyl carbamates (subject to hydrolysis) is 3. The van der Waals surface area contributed by atoms with Crippen LogP contribution in [0.2, 0.25) is 0 Å². The zero-order valence-corrected chi connectivity index (χ0v) is 26.4. The van der Waals surface area contributed by atoms with Gasteiger partial charge in [0.25, 0.3) is 0 Å². The van der Waals surface area contributed by atoms with Gasteiger partial charge in [-0.25, -0.2) is 24.2 Å². The first-order valence-corrected chi connectivity index (χ1v) is 14.7. The van der Waals surface area contributed by atoms with Crippen molar-refractivity contribution < 1.29 is 38.1 Å². The van der Waals surface area contributed by atoms with Crippen LogP contribution in [0.25, 0.3) is 10.8 Å². The molecular weight excluding hydrogens is 604 g/mol. The largest absolute Gasteiger partial charge is 0.444 e. The predicted molar refractivity (Wildman–Crippen MR) is 175 cm³/mol. The van der Waals surface area contributed by atoms with E-state index in [1.165, 1.54) is 6.92 Å². The maximum atomic E-state index is 12.7. The first kappa shape index (κ1) is 34.0. The molecule has 0 aliphatic rings. The quantitative estimate of drug-likeness (QED) is 0.0649. The number of guanidine groups is 1. The summed E-state index contributed by atoms with van der Waals surface area (Å²) in [7, 11) is 0. The normalized spacial score (nSPS) is 11.4. The van der Waals surface area contributed by atoms with Crippen molar-refractivity contribution in [3.8, 4) is 5.75 Å². The molecule has 1 atom stereocenters. The van der Waals surface area contributed by atoms with Gasteiger partial charge in [-0.05, 0) is 68.5 Å². The Morgan fingerprint density at radius 1 is 0.723 bits per heavy atom. The van der Waals surface area contributed by atoms with E-state index in [1.807, 2.05) is 36.4 Å². The number of amides is 3. The van der Waals surface area contributed by atoms with Crippen LogP contribution >= 0.6 is 0 Å². The second-order valence-electron chi connectivity index (χ2n) is 11.3. The van der Waals surface area contributed by atoms with E-state index in [0.717, 1.165) is 11.1 Å². The van der Waals surface area contributed by atoms with Crippen molar-refractivity contribution >= 4 is 46.7 Å². The van der Waals surface area contributed by atoms with Crippen LogP contribution in [0.3, 0.4) is 0 Å². The van der Waals surface area contributed by atoms with E-state index in [0.29, 0.717) is 16.5 Å². The van der Waals surface area contributed by atoms with E-state index in [4.69, 9.17) is 18.9 Å². The number of hydrogen-bond acceptors (Lipinski definition) is 9. The first-order chi connectivity index (χ1) is 22.4. The van der Waals surface area contributed by atoms with E-state index >= 15 is 0 Å². The van der Waals surface area contributed by atoms with Crippen molar-refractivity contribution in [1.29, 1.82) is 0 Å². The van der Waals surface area contributed by atoms with Gasteiger partial charge in [0.15, 0.2) is 0 Å². The molecule has 0 radical (unpaired) electrons. The lowest BCUT2D eigenvalue weighted by molar-refractivity contribution is -0.136. The molecule has 0 aliphatic carbocycles. The number of nitrogens with one attached hydrogen (secondary N) is 3. The van der Waals surface area contributed by atoms with Gasteiger partial charge in [0, 0.05) is 5.39 Å². The fourth-order valence-corrected chi connectivity index (χ4v) is 4.07. The molecule has 12 nitrogen and oxygen atoms in total. The highest BCUT2D eigenvalue weighted by atomic mass is 16.6. The molecular formula is C35H36N4O8. The van der Waals surface area contributed by atoms with Gasteiger partial charge in [0.2, 0.25) is 5.96 Å². The van der Waals surface area contributed by atoms with Crippen molar-refractivity contribution in [3.63, 3.8) is 0 Å². The molecule has 12 heteroatoms. The summed E-state index contributed by atoms with van der Waals surface area (Å²) in [6, 6.07) is 27.2. The molecule has 0 fully saturated rings. The van der Waals surface area contributed by atoms with Gasteiger partial charge < -0.3 is 24.3 Å². The van der Waals surface area contributed by atoms with Gasteiger partial charge in [-0.15, -0.1) is 0 Å². The lowest BCUT2D eigenvalue weighted by Gasteiger charge is -2.21. The third-order valence-electron chi connectivity index (χ3n) is 6.23. The molecule has 47 heavy (non-hydrogen) atoms. The molecule has 4 aromatic rings. The highest BCUT2D eigenvalue weighted by molar-refractivity contribution is 6.03. The number of benzene rings is 4. The number of carbonyl (C=O) groups is 4. The highest BCUT2D eigenvalue weighted by Gasteiger charge is 2.23. The molecule has 244 valence electrons. The Balaban J connectivity index is 1.49. The van der Waals surface area contributed by atoms with Crippen molar-refractivity contribution in [2.45, 2.75) is 52.6 Å². The summed E-state index contributed by atoms with van der Waals surface area (Å²) in [6.07, 6.45) is -2.44. The van der Waals surface area contributed by atoms with E-state index in [-0.39, 0.29) is 24.9 Å².